The predicted molar refractivity (Wildman–Crippen MR) is 67.6 cm³/mol. The smallest absolute Gasteiger partial charge is 0.183 e. The number of methoxy groups -OCH3 is 1. The summed E-state index contributed by atoms with van der Waals surface area (Å²) >= 11 is 1.73. The average Bonchev–Trinajstić information content (AvgIpc) is 2.93. The van der Waals surface area contributed by atoms with Crippen LogP contribution in [0.5, 0.6) is 0 Å². The van der Waals surface area contributed by atoms with Crippen LogP contribution in [0.25, 0.3) is 11.3 Å². The molecule has 0 amide bonds. The minimum Gasteiger partial charge on any atom is -0.469 e. The largest absolute Gasteiger partial charge is 0.469 e. The first-order valence-electron chi connectivity index (χ1n) is 5.67. The third kappa shape index (κ3) is 1.96. The number of fused-ring (bicyclic) bond motifs is 3. The molecule has 0 fully saturated rings. The van der Waals surface area contributed by atoms with Crippen LogP contribution in [0.2, 0.25) is 0 Å². The zero-order chi connectivity index (χ0) is 11.7. The predicted octanol–water partition coefficient (Wildman–Crippen LogP) is 2.56. The fourth-order valence-electron chi connectivity index (χ4n) is 2.04. The Morgan fingerprint density at radius 3 is 3.35 bits per heavy atom. The first-order valence-corrected chi connectivity index (χ1v) is 6.49. The van der Waals surface area contributed by atoms with Crippen molar-refractivity contribution in [2.45, 2.75) is 12.8 Å². The van der Waals surface area contributed by atoms with Crippen molar-refractivity contribution in [3.8, 4) is 11.3 Å². The Bertz CT molecular complexity index is 518. The second kappa shape index (κ2) is 4.50. The van der Waals surface area contributed by atoms with Crippen LogP contribution in [0.1, 0.15) is 10.6 Å². The first-order chi connectivity index (χ1) is 8.38. The molecule has 1 N–H and O–H groups in total. The second-order valence-corrected chi connectivity index (χ2v) is 5.05. The van der Waals surface area contributed by atoms with Crippen LogP contribution in [0.4, 0.5) is 5.13 Å². The number of ether oxygens (including phenoxy) is 1. The van der Waals surface area contributed by atoms with Gasteiger partial charge < -0.3 is 14.5 Å². The van der Waals surface area contributed by atoms with E-state index >= 15 is 0 Å². The van der Waals surface area contributed by atoms with Gasteiger partial charge in [-0.2, -0.15) is 0 Å². The molecular weight excluding hydrogens is 236 g/mol. The lowest BCUT2D eigenvalue weighted by molar-refractivity contribution is 0.211. The normalized spacial score (nSPS) is 13.2. The zero-order valence-electron chi connectivity index (χ0n) is 9.66. The molecule has 2 heterocycles. The second-order valence-electron chi connectivity index (χ2n) is 3.97. The molecular formula is C12H14N2O2S. The molecule has 0 saturated heterocycles. The van der Waals surface area contributed by atoms with E-state index in [1.54, 1.807) is 24.7 Å². The summed E-state index contributed by atoms with van der Waals surface area (Å²) in [6, 6.07) is 2.01. The van der Waals surface area contributed by atoms with Crippen molar-refractivity contribution in [2.75, 3.05) is 25.6 Å². The number of nitrogens with zero attached hydrogens (tertiary/aromatic N) is 1. The molecule has 17 heavy (non-hydrogen) atoms. The van der Waals surface area contributed by atoms with E-state index in [1.807, 2.05) is 6.07 Å². The minimum atomic E-state index is 0.696. The molecule has 3 rings (SSSR count). The summed E-state index contributed by atoms with van der Waals surface area (Å²) in [4.78, 5) is 5.97. The maximum atomic E-state index is 5.44. The standard InChI is InChI=1S/C12H14N2O2S/c1-15-7-5-13-12-14-11-8-4-6-16-9(8)2-3-10(11)17-12/h4,6H,2-3,5,7H2,1H3,(H,13,14). The topological polar surface area (TPSA) is 47.3 Å². The van der Waals surface area contributed by atoms with Crippen molar-refractivity contribution in [3.05, 3.63) is 23.0 Å². The highest BCUT2D eigenvalue weighted by molar-refractivity contribution is 7.16. The van der Waals surface area contributed by atoms with E-state index in [0.29, 0.717) is 6.61 Å². The third-order valence-electron chi connectivity index (χ3n) is 2.86. The summed E-state index contributed by atoms with van der Waals surface area (Å²) in [6.07, 6.45) is 3.76. The van der Waals surface area contributed by atoms with Crippen molar-refractivity contribution < 1.29 is 9.15 Å². The molecule has 0 saturated carbocycles. The molecule has 1 aliphatic rings. The molecule has 1 aliphatic carbocycles. The Morgan fingerprint density at radius 1 is 1.53 bits per heavy atom. The summed E-state index contributed by atoms with van der Waals surface area (Å²) in [5.74, 6) is 1.06. The Balaban J connectivity index is 1.84. The Morgan fingerprint density at radius 2 is 2.47 bits per heavy atom. The highest BCUT2D eigenvalue weighted by Crippen LogP contribution is 2.38. The van der Waals surface area contributed by atoms with E-state index in [-0.39, 0.29) is 0 Å². The lowest BCUT2D eigenvalue weighted by atomic mass is 10.0. The van der Waals surface area contributed by atoms with Gasteiger partial charge in [-0.3, -0.25) is 0 Å². The summed E-state index contributed by atoms with van der Waals surface area (Å²) in [7, 11) is 1.70. The molecule has 90 valence electrons. The molecule has 5 heteroatoms. The molecule has 0 aliphatic heterocycles. The Labute approximate surface area is 104 Å². The van der Waals surface area contributed by atoms with Crippen LogP contribution in [0.3, 0.4) is 0 Å². The van der Waals surface area contributed by atoms with Crippen molar-refractivity contribution in [1.29, 1.82) is 0 Å². The van der Waals surface area contributed by atoms with Crippen molar-refractivity contribution >= 4 is 16.5 Å². The third-order valence-corrected chi connectivity index (χ3v) is 3.93. The van der Waals surface area contributed by atoms with E-state index in [2.05, 4.69) is 10.3 Å². The highest BCUT2D eigenvalue weighted by atomic mass is 32.1. The van der Waals surface area contributed by atoms with Crippen LogP contribution in [0, 0.1) is 0 Å². The number of hydrogen-bond donors (Lipinski definition) is 1. The molecule has 0 radical (unpaired) electrons. The van der Waals surface area contributed by atoms with E-state index in [0.717, 1.165) is 41.5 Å². The van der Waals surface area contributed by atoms with E-state index in [1.165, 1.54) is 4.88 Å². The molecule has 0 bridgehead atoms. The van der Waals surface area contributed by atoms with E-state index < -0.39 is 0 Å². The maximum Gasteiger partial charge on any atom is 0.183 e. The van der Waals surface area contributed by atoms with E-state index in [9.17, 15) is 0 Å². The van der Waals surface area contributed by atoms with Crippen LogP contribution < -0.4 is 5.32 Å². The number of hydrogen-bond acceptors (Lipinski definition) is 5. The number of nitrogens with one attached hydrogen (secondary N) is 1. The molecule has 0 spiro atoms. The summed E-state index contributed by atoms with van der Waals surface area (Å²) in [6.45, 7) is 1.49. The van der Waals surface area contributed by atoms with Gasteiger partial charge >= 0.3 is 0 Å². The number of rotatable bonds is 4. The van der Waals surface area contributed by atoms with Crippen molar-refractivity contribution in [2.24, 2.45) is 0 Å². The molecule has 2 aromatic rings. The number of aromatic nitrogens is 1. The van der Waals surface area contributed by atoms with Gasteiger partial charge in [-0.25, -0.2) is 4.98 Å². The minimum absolute atomic E-state index is 0.696. The monoisotopic (exact) mass is 250 g/mol. The van der Waals surface area contributed by atoms with E-state index in [4.69, 9.17) is 9.15 Å². The number of anilines is 1. The van der Waals surface area contributed by atoms with Crippen molar-refractivity contribution in [3.63, 3.8) is 0 Å². The van der Waals surface area contributed by atoms with Gasteiger partial charge in [-0.1, -0.05) is 0 Å². The Kier molecular flexibility index (Phi) is 2.86. The number of thiazole rings is 1. The molecule has 0 unspecified atom stereocenters. The maximum absolute atomic E-state index is 5.44. The van der Waals surface area contributed by atoms with Crippen LogP contribution >= 0.6 is 11.3 Å². The molecule has 4 nitrogen and oxygen atoms in total. The molecule has 0 atom stereocenters. The SMILES string of the molecule is COCCNc1nc2c(s1)CCc1occc1-2. The van der Waals surface area contributed by atoms with Crippen LogP contribution in [0.15, 0.2) is 16.7 Å². The fourth-order valence-corrected chi connectivity index (χ4v) is 3.04. The summed E-state index contributed by atoms with van der Waals surface area (Å²) in [5, 5.41) is 4.25. The lowest BCUT2D eigenvalue weighted by Gasteiger charge is -2.07. The van der Waals surface area contributed by atoms with Gasteiger partial charge in [0.1, 0.15) is 5.76 Å². The van der Waals surface area contributed by atoms with Gasteiger partial charge in [0, 0.05) is 30.5 Å². The van der Waals surface area contributed by atoms with Gasteiger partial charge in [0.25, 0.3) is 0 Å². The quantitative estimate of drug-likeness (QED) is 0.847. The van der Waals surface area contributed by atoms with Gasteiger partial charge in [0.05, 0.1) is 18.6 Å². The lowest BCUT2D eigenvalue weighted by Crippen LogP contribution is -2.07. The fraction of sp³-hybridized carbons (Fsp3) is 0.417. The highest BCUT2D eigenvalue weighted by Gasteiger charge is 2.22. The average molecular weight is 250 g/mol. The van der Waals surface area contributed by atoms with Crippen molar-refractivity contribution in [1.82, 2.24) is 4.98 Å². The van der Waals surface area contributed by atoms with Gasteiger partial charge in [-0.15, -0.1) is 11.3 Å². The van der Waals surface area contributed by atoms with Crippen LogP contribution in [-0.2, 0) is 17.6 Å². The molecule has 0 aromatic carbocycles. The number of furan rings is 1. The van der Waals surface area contributed by atoms with Crippen LogP contribution in [-0.4, -0.2) is 25.2 Å². The first kappa shape index (κ1) is 10.8. The zero-order valence-corrected chi connectivity index (χ0v) is 10.5. The number of aryl methyl sites for hydroxylation is 2. The van der Waals surface area contributed by atoms with Gasteiger partial charge in [0.2, 0.25) is 0 Å². The Hall–Kier alpha value is -1.33. The van der Waals surface area contributed by atoms with Gasteiger partial charge in [-0.05, 0) is 12.5 Å². The summed E-state index contributed by atoms with van der Waals surface area (Å²) in [5.41, 5.74) is 2.24. The van der Waals surface area contributed by atoms with Gasteiger partial charge in [0.15, 0.2) is 5.13 Å². The molecule has 2 aromatic heterocycles. The summed E-state index contributed by atoms with van der Waals surface area (Å²) < 4.78 is 10.5.